The van der Waals surface area contributed by atoms with Crippen molar-refractivity contribution >= 4 is 24.4 Å². The molecule has 0 aliphatic heterocycles. The molecule has 3 aromatic heterocycles. The number of halogens is 1. The molecule has 2 atom stereocenters. The van der Waals surface area contributed by atoms with Crippen LogP contribution in [0.4, 0.5) is 10.2 Å². The van der Waals surface area contributed by atoms with Crippen molar-refractivity contribution in [2.75, 3.05) is 12.4 Å². The van der Waals surface area contributed by atoms with Gasteiger partial charge in [-0.3, -0.25) is 14.3 Å². The van der Waals surface area contributed by atoms with Gasteiger partial charge in [-0.2, -0.15) is 5.10 Å². The van der Waals surface area contributed by atoms with E-state index in [1.165, 1.54) is 31.7 Å². The number of nitrogens with zero attached hydrogens (tertiary/aromatic N) is 5. The minimum atomic E-state index is -1.59. The van der Waals surface area contributed by atoms with Gasteiger partial charge < -0.3 is 19.3 Å². The Bertz CT molecular complexity index is 1660. The minimum absolute atomic E-state index is 0.102. The van der Waals surface area contributed by atoms with Crippen LogP contribution < -0.4 is 5.32 Å². The fourth-order valence-corrected chi connectivity index (χ4v) is 4.56. The van der Waals surface area contributed by atoms with Crippen LogP contribution in [0.2, 0.25) is 0 Å². The number of esters is 1. The highest BCUT2D eigenvalue weighted by atomic mass is 19.1. The number of carbonyl (C=O) groups is 3. The molecule has 0 spiro atoms. The number of benzene rings is 1. The first-order chi connectivity index (χ1) is 20.4. The Labute approximate surface area is 238 Å². The number of carbonyl (C=O) groups excluding carboxylic acids is 3. The Morgan fingerprint density at radius 1 is 1.21 bits per heavy atom. The van der Waals surface area contributed by atoms with Crippen molar-refractivity contribution in [3.05, 3.63) is 90.3 Å². The average Bonchev–Trinajstić information content (AvgIpc) is 3.69. The lowest BCUT2D eigenvalue weighted by Crippen LogP contribution is -2.54. The largest absolute Gasteiger partial charge is 0.501 e. The molecule has 3 heterocycles. The van der Waals surface area contributed by atoms with Crippen LogP contribution in [0.25, 0.3) is 22.9 Å². The van der Waals surface area contributed by atoms with Crippen LogP contribution in [-0.2, 0) is 30.4 Å². The summed E-state index contributed by atoms with van der Waals surface area (Å²) in [7, 11) is 1.46. The highest BCUT2D eigenvalue weighted by Crippen LogP contribution is 2.35. The third-order valence-electron chi connectivity index (χ3n) is 6.79. The summed E-state index contributed by atoms with van der Waals surface area (Å²) in [5, 5.41) is 11.7. The molecule has 214 valence electrons. The summed E-state index contributed by atoms with van der Waals surface area (Å²) in [6.45, 7) is 1.82. The number of hydrogen-bond donors (Lipinski definition) is 1. The van der Waals surface area contributed by atoms with E-state index >= 15 is 0 Å². The van der Waals surface area contributed by atoms with Crippen LogP contribution in [0.1, 0.15) is 12.5 Å². The fourth-order valence-electron chi connectivity index (χ4n) is 4.56. The molecular weight excluding hydrogens is 547 g/mol. The Morgan fingerprint density at radius 3 is 2.74 bits per heavy atom. The molecule has 5 rings (SSSR count). The first-order valence-corrected chi connectivity index (χ1v) is 12.8. The van der Waals surface area contributed by atoms with Crippen molar-refractivity contribution in [1.82, 2.24) is 24.9 Å². The van der Waals surface area contributed by atoms with Crippen LogP contribution in [0.15, 0.2) is 83.4 Å². The van der Waals surface area contributed by atoms with E-state index in [2.05, 4.69) is 25.5 Å². The zero-order chi connectivity index (χ0) is 29.7. The van der Waals surface area contributed by atoms with E-state index in [0.29, 0.717) is 28.4 Å². The standard InChI is InChI=1S/C29H25FN6O6/c1-18-25(40-2)8-5-11-29(18,28(39)42-20(16-37)17-38)33-26-9-12-31-27(32-26)23-14-24(22-10-13-41-35-22)36(34-23)15-19-6-3-4-7-21(19)30/h3-14,16-18,20H,15H2,1-2H3,(H,31,32,33). The summed E-state index contributed by atoms with van der Waals surface area (Å²) >= 11 is 0. The Hall–Kier alpha value is -5.46. The van der Waals surface area contributed by atoms with Crippen LogP contribution in [0.5, 0.6) is 0 Å². The molecule has 12 nitrogen and oxygen atoms in total. The lowest BCUT2D eigenvalue weighted by molar-refractivity contribution is -0.158. The number of rotatable bonds is 11. The Morgan fingerprint density at radius 2 is 2.02 bits per heavy atom. The fraction of sp³-hybridized carbons (Fsp3) is 0.207. The van der Waals surface area contributed by atoms with Crippen LogP contribution in [-0.4, -0.2) is 62.2 Å². The zero-order valence-corrected chi connectivity index (χ0v) is 22.5. The number of anilines is 1. The van der Waals surface area contributed by atoms with Crippen LogP contribution in [0.3, 0.4) is 0 Å². The molecule has 0 radical (unpaired) electrons. The van der Waals surface area contributed by atoms with Gasteiger partial charge in [0.25, 0.3) is 0 Å². The summed E-state index contributed by atoms with van der Waals surface area (Å²) in [6, 6.07) is 11.2. The van der Waals surface area contributed by atoms with Gasteiger partial charge in [-0.25, -0.2) is 19.2 Å². The monoisotopic (exact) mass is 572 g/mol. The molecule has 0 saturated heterocycles. The van der Waals surface area contributed by atoms with Crippen molar-refractivity contribution in [3.63, 3.8) is 0 Å². The Kier molecular flexibility index (Phi) is 8.00. The highest BCUT2D eigenvalue weighted by molar-refractivity contribution is 5.92. The molecule has 0 saturated carbocycles. The molecule has 1 aromatic carbocycles. The zero-order valence-electron chi connectivity index (χ0n) is 22.5. The number of aldehydes is 2. The third kappa shape index (κ3) is 5.44. The molecule has 0 fully saturated rings. The molecule has 1 aliphatic carbocycles. The maximum Gasteiger partial charge on any atom is 0.337 e. The maximum atomic E-state index is 14.5. The molecule has 2 unspecified atom stereocenters. The minimum Gasteiger partial charge on any atom is -0.501 e. The first-order valence-electron chi connectivity index (χ1n) is 12.8. The van der Waals surface area contributed by atoms with Gasteiger partial charge >= 0.3 is 5.97 Å². The van der Waals surface area contributed by atoms with Gasteiger partial charge in [0.15, 0.2) is 23.9 Å². The third-order valence-corrected chi connectivity index (χ3v) is 6.79. The summed E-state index contributed by atoms with van der Waals surface area (Å²) in [5.41, 5.74) is 0.179. The molecule has 0 bridgehead atoms. The number of hydrogen-bond acceptors (Lipinski definition) is 11. The van der Waals surface area contributed by atoms with Gasteiger partial charge in [-0.1, -0.05) is 36.4 Å². The number of allylic oxidation sites excluding steroid dienone is 2. The van der Waals surface area contributed by atoms with E-state index in [1.807, 2.05) is 0 Å². The predicted molar refractivity (Wildman–Crippen MR) is 146 cm³/mol. The molecular formula is C29H25FN6O6. The van der Waals surface area contributed by atoms with E-state index in [1.54, 1.807) is 60.2 Å². The van der Waals surface area contributed by atoms with Gasteiger partial charge in [0, 0.05) is 17.8 Å². The predicted octanol–water partition coefficient (Wildman–Crippen LogP) is 3.38. The molecule has 1 aliphatic rings. The lowest BCUT2D eigenvalue weighted by atomic mass is 9.80. The Balaban J connectivity index is 1.51. The lowest BCUT2D eigenvalue weighted by Gasteiger charge is -2.38. The topological polar surface area (TPSA) is 151 Å². The number of ether oxygens (including phenoxy) is 2. The quantitative estimate of drug-likeness (QED) is 0.160. The van der Waals surface area contributed by atoms with Gasteiger partial charge in [0.2, 0.25) is 6.10 Å². The van der Waals surface area contributed by atoms with E-state index in [-0.39, 0.29) is 36.6 Å². The van der Waals surface area contributed by atoms with E-state index in [0.717, 1.165) is 0 Å². The second-order valence-corrected chi connectivity index (χ2v) is 9.30. The summed E-state index contributed by atoms with van der Waals surface area (Å²) < 4.78 is 31.7. The van der Waals surface area contributed by atoms with Crippen molar-refractivity contribution in [2.24, 2.45) is 5.92 Å². The van der Waals surface area contributed by atoms with Crippen molar-refractivity contribution in [2.45, 2.75) is 25.1 Å². The maximum absolute atomic E-state index is 14.5. The van der Waals surface area contributed by atoms with E-state index in [4.69, 9.17) is 14.0 Å². The molecule has 0 amide bonds. The molecule has 13 heteroatoms. The normalized spacial score (nSPS) is 17.9. The van der Waals surface area contributed by atoms with Crippen LogP contribution in [0, 0.1) is 11.7 Å². The summed E-state index contributed by atoms with van der Waals surface area (Å²) in [6.07, 6.45) is 6.60. The second kappa shape index (κ2) is 12.0. The van der Waals surface area contributed by atoms with Gasteiger partial charge in [0.05, 0.1) is 25.3 Å². The molecule has 4 aromatic rings. The smallest absolute Gasteiger partial charge is 0.337 e. The number of methoxy groups -OCH3 is 1. The van der Waals surface area contributed by atoms with Crippen LogP contribution >= 0.6 is 0 Å². The first kappa shape index (κ1) is 28.1. The molecule has 1 N–H and O–H groups in total. The highest BCUT2D eigenvalue weighted by Gasteiger charge is 2.47. The molecule has 42 heavy (non-hydrogen) atoms. The number of nitrogens with one attached hydrogen (secondary N) is 1. The second-order valence-electron chi connectivity index (χ2n) is 9.30. The van der Waals surface area contributed by atoms with Crippen molar-refractivity contribution < 1.29 is 32.8 Å². The van der Waals surface area contributed by atoms with Gasteiger partial charge in [0.1, 0.15) is 35.0 Å². The summed E-state index contributed by atoms with van der Waals surface area (Å²) in [4.78, 5) is 44.8. The average molecular weight is 573 g/mol. The van der Waals surface area contributed by atoms with E-state index < -0.39 is 23.5 Å². The van der Waals surface area contributed by atoms with Crippen molar-refractivity contribution in [1.29, 1.82) is 0 Å². The number of aromatic nitrogens is 5. The van der Waals surface area contributed by atoms with E-state index in [9.17, 15) is 18.8 Å². The SMILES string of the molecule is COC1=CC=CC(Nc2ccnc(-c3cc(-c4ccon4)n(Cc4ccccc4F)n3)n2)(C(=O)OC(C=O)C=O)C1C. The van der Waals surface area contributed by atoms with Gasteiger partial charge in [-0.05, 0) is 30.4 Å². The van der Waals surface area contributed by atoms with Gasteiger partial charge in [-0.15, -0.1) is 0 Å². The summed E-state index contributed by atoms with van der Waals surface area (Å²) in [5.74, 6) is -1.04. The van der Waals surface area contributed by atoms with Crippen molar-refractivity contribution in [3.8, 4) is 22.9 Å².